The van der Waals surface area contributed by atoms with Crippen molar-refractivity contribution in [3.8, 4) is 5.69 Å². The summed E-state index contributed by atoms with van der Waals surface area (Å²) in [6.07, 6.45) is 7.79. The number of halogens is 1. The van der Waals surface area contributed by atoms with Gasteiger partial charge in [-0.1, -0.05) is 24.3 Å². The van der Waals surface area contributed by atoms with Gasteiger partial charge in [-0.05, 0) is 41.0 Å². The second-order valence-electron chi connectivity index (χ2n) is 8.42. The summed E-state index contributed by atoms with van der Waals surface area (Å²) in [5.41, 5.74) is 9.83. The fourth-order valence-corrected chi connectivity index (χ4v) is 5.66. The van der Waals surface area contributed by atoms with E-state index >= 15 is 0 Å². The largest absolute Gasteiger partial charge is 0.316 e. The Balaban J connectivity index is 1.52. The fourth-order valence-electron chi connectivity index (χ4n) is 5.12. The number of benzene rings is 1. The van der Waals surface area contributed by atoms with Gasteiger partial charge >= 0.3 is 0 Å². The van der Waals surface area contributed by atoms with Gasteiger partial charge in [-0.3, -0.25) is 10.3 Å². The Hall–Kier alpha value is -2.09. The number of hydrogen-bond donors (Lipinski definition) is 1. The second-order valence-corrected chi connectivity index (χ2v) is 9.27. The molecule has 0 bridgehead atoms. The summed E-state index contributed by atoms with van der Waals surface area (Å²) in [6.45, 7) is 6.24. The maximum atomic E-state index is 4.72. The molecule has 1 N–H and O–H groups in total. The number of nitrogens with zero attached hydrogens (tertiary/aromatic N) is 5. The average Bonchev–Trinajstić information content (AvgIpc) is 3.32. The van der Waals surface area contributed by atoms with Crippen LogP contribution in [0.15, 0.2) is 40.0 Å². The van der Waals surface area contributed by atoms with Crippen molar-refractivity contribution >= 4 is 33.5 Å². The quantitative estimate of drug-likeness (QED) is 0.759. The van der Waals surface area contributed by atoms with E-state index in [1.165, 1.54) is 28.2 Å². The van der Waals surface area contributed by atoms with Gasteiger partial charge in [-0.2, -0.15) is 5.10 Å². The van der Waals surface area contributed by atoms with Crippen molar-refractivity contribution in [2.45, 2.75) is 18.9 Å². The van der Waals surface area contributed by atoms with Gasteiger partial charge in [0.1, 0.15) is 12.5 Å². The molecule has 1 aliphatic carbocycles. The van der Waals surface area contributed by atoms with Crippen LogP contribution in [0.4, 0.5) is 5.69 Å². The maximum Gasteiger partial charge on any atom is 0.140 e. The lowest BCUT2D eigenvalue weighted by molar-refractivity contribution is 0.148. The van der Waals surface area contributed by atoms with Crippen LogP contribution in [-0.4, -0.2) is 60.1 Å². The summed E-state index contributed by atoms with van der Waals surface area (Å²) >= 11 is 3.82. The van der Waals surface area contributed by atoms with Gasteiger partial charge in [-0.15, -0.1) is 0 Å². The number of para-hydroxylation sites is 1. The molecule has 1 aromatic heterocycles. The number of anilines is 1. The number of likely N-dealkylation sites (N-methyl/N-ethyl adjacent to an activating group) is 1. The van der Waals surface area contributed by atoms with Crippen LogP contribution in [0.3, 0.4) is 0 Å². The molecule has 3 aliphatic heterocycles. The third kappa shape index (κ3) is 2.71. The predicted molar refractivity (Wildman–Crippen MR) is 121 cm³/mol. The van der Waals surface area contributed by atoms with E-state index in [1.54, 1.807) is 0 Å². The molecule has 1 unspecified atom stereocenters. The summed E-state index contributed by atoms with van der Waals surface area (Å²) < 4.78 is 3.60. The lowest BCUT2D eigenvalue weighted by Crippen LogP contribution is -2.44. The van der Waals surface area contributed by atoms with Gasteiger partial charge in [0.15, 0.2) is 0 Å². The van der Waals surface area contributed by atoms with E-state index in [1.807, 2.05) is 0 Å². The van der Waals surface area contributed by atoms with Crippen molar-refractivity contribution in [1.82, 2.24) is 19.8 Å². The molecule has 1 atom stereocenters. The minimum Gasteiger partial charge on any atom is -0.316 e. The highest BCUT2D eigenvalue weighted by molar-refractivity contribution is 9.10. The zero-order valence-electron chi connectivity index (χ0n) is 16.6. The van der Waals surface area contributed by atoms with E-state index in [4.69, 9.17) is 5.10 Å². The lowest BCUT2D eigenvalue weighted by atomic mass is 9.91. The van der Waals surface area contributed by atoms with Crippen molar-refractivity contribution < 1.29 is 0 Å². The Morgan fingerprint density at radius 1 is 1.21 bits per heavy atom. The standard InChI is InChI=1S/C22H25BrN6/c1-26-8-10-27(11-9-26)12-15-4-2-7-19-20(15)28-13-18(23)16-5-3-6-17(21(16)28)22-25-24-14-29(19)22/h2-5,7,13,17,24H,6,8-12,14H2,1H3. The third-order valence-corrected chi connectivity index (χ3v) is 7.28. The Kier molecular flexibility index (Phi) is 4.11. The summed E-state index contributed by atoms with van der Waals surface area (Å²) in [5.74, 6) is 1.41. The van der Waals surface area contributed by atoms with Crippen molar-refractivity contribution in [3.63, 3.8) is 0 Å². The van der Waals surface area contributed by atoms with Crippen LogP contribution >= 0.6 is 15.9 Å². The Morgan fingerprint density at radius 3 is 2.93 bits per heavy atom. The molecule has 4 aliphatic rings. The molecule has 6 nitrogen and oxygen atoms in total. The first kappa shape index (κ1) is 17.7. The van der Waals surface area contributed by atoms with Crippen LogP contribution in [0.2, 0.25) is 0 Å². The first-order valence-electron chi connectivity index (χ1n) is 10.4. The van der Waals surface area contributed by atoms with E-state index in [-0.39, 0.29) is 5.92 Å². The Labute approximate surface area is 179 Å². The molecular weight excluding hydrogens is 428 g/mol. The number of rotatable bonds is 2. The van der Waals surface area contributed by atoms with Crippen molar-refractivity contribution in [2.75, 3.05) is 44.8 Å². The molecule has 0 spiro atoms. The minimum absolute atomic E-state index is 0.278. The molecule has 0 amide bonds. The molecule has 29 heavy (non-hydrogen) atoms. The van der Waals surface area contributed by atoms with E-state index in [0.717, 1.165) is 56.1 Å². The third-order valence-electron chi connectivity index (χ3n) is 6.65. The molecule has 0 radical (unpaired) electrons. The van der Waals surface area contributed by atoms with Crippen LogP contribution in [0.1, 0.15) is 29.2 Å². The van der Waals surface area contributed by atoms with Crippen molar-refractivity contribution in [3.05, 3.63) is 51.8 Å². The van der Waals surface area contributed by atoms with Crippen LogP contribution in [0, 0.1) is 0 Å². The number of hydrazone groups is 1. The van der Waals surface area contributed by atoms with Gasteiger partial charge in [0.05, 0.1) is 17.3 Å². The van der Waals surface area contributed by atoms with Gasteiger partial charge in [0, 0.05) is 54.7 Å². The van der Waals surface area contributed by atoms with E-state index < -0.39 is 0 Å². The number of piperazine rings is 1. The smallest absolute Gasteiger partial charge is 0.140 e. The first-order valence-corrected chi connectivity index (χ1v) is 11.2. The molecular formula is C22H25BrN6. The molecule has 6 rings (SSSR count). The highest BCUT2D eigenvalue weighted by Crippen LogP contribution is 2.45. The van der Waals surface area contributed by atoms with Crippen LogP contribution in [-0.2, 0) is 6.54 Å². The van der Waals surface area contributed by atoms with E-state index in [0.29, 0.717) is 0 Å². The highest BCUT2D eigenvalue weighted by Gasteiger charge is 2.38. The molecule has 150 valence electrons. The number of amidine groups is 1. The normalized spacial score (nSPS) is 23.2. The number of fused-ring (bicyclic) bond motifs is 5. The van der Waals surface area contributed by atoms with Gasteiger partial charge in [0.25, 0.3) is 0 Å². The molecule has 1 fully saturated rings. The zero-order valence-corrected chi connectivity index (χ0v) is 18.2. The molecule has 7 heteroatoms. The number of hydrogen-bond acceptors (Lipinski definition) is 5. The molecule has 1 saturated heterocycles. The number of allylic oxidation sites excluding steroid dienone is 1. The summed E-state index contributed by atoms with van der Waals surface area (Å²) in [5, 5.41) is 4.72. The molecule has 2 aromatic rings. The fraction of sp³-hybridized carbons (Fsp3) is 0.409. The van der Waals surface area contributed by atoms with Gasteiger partial charge < -0.3 is 14.4 Å². The molecule has 0 saturated carbocycles. The van der Waals surface area contributed by atoms with Crippen LogP contribution in [0.5, 0.6) is 0 Å². The van der Waals surface area contributed by atoms with Gasteiger partial charge in [-0.25, -0.2) is 0 Å². The van der Waals surface area contributed by atoms with E-state index in [9.17, 15) is 0 Å². The summed E-state index contributed by atoms with van der Waals surface area (Å²) in [4.78, 5) is 7.37. The Morgan fingerprint density at radius 2 is 2.07 bits per heavy atom. The van der Waals surface area contributed by atoms with Crippen molar-refractivity contribution in [1.29, 1.82) is 0 Å². The van der Waals surface area contributed by atoms with Crippen LogP contribution in [0.25, 0.3) is 11.8 Å². The monoisotopic (exact) mass is 452 g/mol. The maximum absolute atomic E-state index is 4.72. The van der Waals surface area contributed by atoms with Crippen molar-refractivity contribution in [2.24, 2.45) is 5.10 Å². The molecule has 4 heterocycles. The molecule has 1 aromatic carbocycles. The zero-order chi connectivity index (χ0) is 19.5. The minimum atomic E-state index is 0.278. The number of nitrogens with one attached hydrogen (secondary N) is 1. The SMILES string of the molecule is CN1CCN(Cc2cccc3c2-n2cc(Br)c4c2C(CC=C4)C2=NNCN23)CC1. The topological polar surface area (TPSA) is 39.0 Å². The second kappa shape index (κ2) is 6.72. The van der Waals surface area contributed by atoms with Gasteiger partial charge in [0.2, 0.25) is 0 Å². The Bertz CT molecular complexity index is 1030. The summed E-state index contributed by atoms with van der Waals surface area (Å²) in [7, 11) is 2.21. The van der Waals surface area contributed by atoms with Crippen LogP contribution < -0.4 is 10.3 Å². The predicted octanol–water partition coefficient (Wildman–Crippen LogP) is 3.18. The summed E-state index contributed by atoms with van der Waals surface area (Å²) in [6, 6.07) is 6.75. The number of aromatic nitrogens is 1. The highest BCUT2D eigenvalue weighted by atomic mass is 79.9. The van der Waals surface area contributed by atoms with E-state index in [2.05, 4.69) is 84.2 Å². The first-order chi connectivity index (χ1) is 14.2. The average molecular weight is 453 g/mol. The lowest BCUT2D eigenvalue weighted by Gasteiger charge is -2.33.